The summed E-state index contributed by atoms with van der Waals surface area (Å²) in [5, 5.41) is 11.7. The third-order valence-electron chi connectivity index (χ3n) is 3.42. The fourth-order valence-corrected chi connectivity index (χ4v) is 2.24. The number of hydrogen-bond acceptors (Lipinski definition) is 2. The molecule has 0 atom stereocenters. The molecule has 0 radical (unpaired) electrons. The highest BCUT2D eigenvalue weighted by atomic mass is 16.2. The van der Waals surface area contributed by atoms with Crippen LogP contribution in [0.15, 0.2) is 0 Å². The van der Waals surface area contributed by atoms with E-state index >= 15 is 0 Å². The summed E-state index contributed by atoms with van der Waals surface area (Å²) in [4.78, 5) is 12.1. The normalized spacial score (nSPS) is 19.6. The molecule has 15 heavy (non-hydrogen) atoms. The first-order valence-corrected chi connectivity index (χ1v) is 5.70. The molecular weight excluding hydrogens is 188 g/mol. The van der Waals surface area contributed by atoms with E-state index in [1.54, 1.807) is 13.8 Å². The largest absolute Gasteiger partial charge is 0.338 e. The van der Waals surface area contributed by atoms with E-state index in [2.05, 4.69) is 18.3 Å². The van der Waals surface area contributed by atoms with Gasteiger partial charge in [0.2, 0.25) is 5.91 Å². The predicted molar refractivity (Wildman–Crippen MR) is 59.0 cm³/mol. The van der Waals surface area contributed by atoms with Gasteiger partial charge in [0.15, 0.2) is 0 Å². The molecular formula is C12H20N2O. The maximum absolute atomic E-state index is 12.1. The van der Waals surface area contributed by atoms with E-state index in [-0.39, 0.29) is 11.3 Å². The monoisotopic (exact) mass is 208 g/mol. The van der Waals surface area contributed by atoms with Gasteiger partial charge >= 0.3 is 0 Å². The van der Waals surface area contributed by atoms with E-state index in [9.17, 15) is 4.79 Å². The molecule has 0 bridgehead atoms. The first-order valence-electron chi connectivity index (χ1n) is 5.70. The molecule has 1 amide bonds. The van der Waals surface area contributed by atoms with Crippen molar-refractivity contribution in [2.45, 2.75) is 58.4 Å². The fourth-order valence-electron chi connectivity index (χ4n) is 2.24. The number of rotatable bonds is 3. The van der Waals surface area contributed by atoms with Gasteiger partial charge in [-0.1, -0.05) is 19.8 Å². The molecule has 0 heterocycles. The van der Waals surface area contributed by atoms with Crippen LogP contribution in [0, 0.1) is 16.7 Å². The number of carbonyl (C=O) groups excluding carboxylic acids is 1. The minimum absolute atomic E-state index is 0.0639. The first-order chi connectivity index (χ1) is 6.96. The number of hydrogen-bond donors (Lipinski definition) is 1. The lowest BCUT2D eigenvalue weighted by Gasteiger charge is -2.29. The van der Waals surface area contributed by atoms with Crippen molar-refractivity contribution >= 4 is 5.91 Å². The Morgan fingerprint density at radius 3 is 2.40 bits per heavy atom. The Hall–Kier alpha value is -1.04. The SMILES string of the molecule is CCC1(C(=O)NC(C)(C)C#N)CCCC1. The van der Waals surface area contributed by atoms with Crippen LogP contribution < -0.4 is 5.32 Å². The summed E-state index contributed by atoms with van der Waals surface area (Å²) in [6, 6.07) is 2.11. The molecule has 0 spiro atoms. The molecule has 0 saturated heterocycles. The summed E-state index contributed by atoms with van der Waals surface area (Å²) in [7, 11) is 0. The second-order valence-corrected chi connectivity index (χ2v) is 5.03. The lowest BCUT2D eigenvalue weighted by molar-refractivity contribution is -0.132. The van der Waals surface area contributed by atoms with E-state index in [4.69, 9.17) is 5.26 Å². The Balaban J connectivity index is 2.71. The highest BCUT2D eigenvalue weighted by Crippen LogP contribution is 2.41. The highest BCUT2D eigenvalue weighted by Gasteiger charge is 2.41. The second-order valence-electron chi connectivity index (χ2n) is 5.03. The van der Waals surface area contributed by atoms with E-state index in [0.29, 0.717) is 0 Å². The summed E-state index contributed by atoms with van der Waals surface area (Å²) < 4.78 is 0. The molecule has 1 rings (SSSR count). The molecule has 1 aliphatic carbocycles. The zero-order chi connectivity index (χ0) is 11.5. The van der Waals surface area contributed by atoms with Crippen LogP contribution in [0.2, 0.25) is 0 Å². The number of nitrogens with one attached hydrogen (secondary N) is 1. The fraction of sp³-hybridized carbons (Fsp3) is 0.833. The minimum Gasteiger partial charge on any atom is -0.338 e. The van der Waals surface area contributed by atoms with Crippen molar-refractivity contribution < 1.29 is 4.79 Å². The van der Waals surface area contributed by atoms with Crippen LogP contribution in [-0.4, -0.2) is 11.4 Å². The molecule has 0 aliphatic heterocycles. The molecule has 3 nitrogen and oxygen atoms in total. The van der Waals surface area contributed by atoms with E-state index in [1.807, 2.05) is 0 Å². The van der Waals surface area contributed by atoms with Gasteiger partial charge in [-0.25, -0.2) is 0 Å². The molecule has 0 unspecified atom stereocenters. The Bertz CT molecular complexity index is 282. The van der Waals surface area contributed by atoms with Crippen LogP contribution in [0.5, 0.6) is 0 Å². The number of amides is 1. The van der Waals surface area contributed by atoms with Crippen LogP contribution in [0.25, 0.3) is 0 Å². The van der Waals surface area contributed by atoms with Crippen molar-refractivity contribution in [2.75, 3.05) is 0 Å². The van der Waals surface area contributed by atoms with Gasteiger partial charge in [0.25, 0.3) is 0 Å². The molecule has 0 aromatic heterocycles. The van der Waals surface area contributed by atoms with Crippen molar-refractivity contribution in [3.63, 3.8) is 0 Å². The number of carbonyl (C=O) groups is 1. The number of nitrogens with zero attached hydrogens (tertiary/aromatic N) is 1. The smallest absolute Gasteiger partial charge is 0.227 e. The van der Waals surface area contributed by atoms with Crippen LogP contribution in [-0.2, 0) is 4.79 Å². The zero-order valence-corrected chi connectivity index (χ0v) is 9.89. The molecule has 1 saturated carbocycles. The molecule has 84 valence electrons. The Labute approximate surface area is 91.9 Å². The maximum Gasteiger partial charge on any atom is 0.227 e. The van der Waals surface area contributed by atoms with Gasteiger partial charge < -0.3 is 5.32 Å². The first kappa shape index (κ1) is 12.0. The molecule has 1 aliphatic rings. The minimum atomic E-state index is -0.748. The number of nitriles is 1. The second kappa shape index (κ2) is 4.22. The third-order valence-corrected chi connectivity index (χ3v) is 3.42. The van der Waals surface area contributed by atoms with Gasteiger partial charge in [0.1, 0.15) is 5.54 Å². The lowest BCUT2D eigenvalue weighted by Crippen LogP contribution is -2.49. The van der Waals surface area contributed by atoms with Crippen LogP contribution in [0.4, 0.5) is 0 Å². The summed E-state index contributed by atoms with van der Waals surface area (Å²) in [5.74, 6) is 0.0639. The molecule has 1 fully saturated rings. The van der Waals surface area contributed by atoms with Gasteiger partial charge in [0.05, 0.1) is 6.07 Å². The van der Waals surface area contributed by atoms with Crippen LogP contribution in [0.1, 0.15) is 52.9 Å². The topological polar surface area (TPSA) is 52.9 Å². The van der Waals surface area contributed by atoms with Crippen molar-refractivity contribution in [1.29, 1.82) is 5.26 Å². The highest BCUT2D eigenvalue weighted by molar-refractivity contribution is 5.83. The average Bonchev–Trinajstić information content (AvgIpc) is 2.66. The van der Waals surface area contributed by atoms with Crippen molar-refractivity contribution in [1.82, 2.24) is 5.32 Å². The van der Waals surface area contributed by atoms with Crippen LogP contribution >= 0.6 is 0 Å². The summed E-state index contributed by atoms with van der Waals surface area (Å²) in [5.41, 5.74) is -0.948. The van der Waals surface area contributed by atoms with Gasteiger partial charge in [-0.15, -0.1) is 0 Å². The van der Waals surface area contributed by atoms with Crippen molar-refractivity contribution in [2.24, 2.45) is 5.41 Å². The lowest BCUT2D eigenvalue weighted by atomic mass is 9.81. The standard InChI is InChI=1S/C12H20N2O/c1-4-12(7-5-6-8-12)10(15)14-11(2,3)9-13/h4-8H2,1-3H3,(H,14,15). The maximum atomic E-state index is 12.1. The van der Waals surface area contributed by atoms with Crippen molar-refractivity contribution in [3.8, 4) is 6.07 Å². The summed E-state index contributed by atoms with van der Waals surface area (Å²) in [6.45, 7) is 5.54. The predicted octanol–water partition coefficient (Wildman–Crippen LogP) is 2.38. The third kappa shape index (κ3) is 2.50. The zero-order valence-electron chi connectivity index (χ0n) is 9.89. The van der Waals surface area contributed by atoms with Gasteiger partial charge in [0, 0.05) is 5.41 Å². The van der Waals surface area contributed by atoms with E-state index < -0.39 is 5.54 Å². The summed E-state index contributed by atoms with van der Waals surface area (Å²) in [6.07, 6.45) is 5.08. The van der Waals surface area contributed by atoms with E-state index in [0.717, 1.165) is 32.1 Å². The molecule has 0 aromatic carbocycles. The van der Waals surface area contributed by atoms with Gasteiger partial charge in [-0.3, -0.25) is 4.79 Å². The Kier molecular flexibility index (Phi) is 3.38. The van der Waals surface area contributed by atoms with Gasteiger partial charge in [-0.05, 0) is 33.1 Å². The Morgan fingerprint density at radius 1 is 1.47 bits per heavy atom. The van der Waals surface area contributed by atoms with E-state index in [1.165, 1.54) is 0 Å². The van der Waals surface area contributed by atoms with Gasteiger partial charge in [-0.2, -0.15) is 5.26 Å². The molecule has 3 heteroatoms. The summed E-state index contributed by atoms with van der Waals surface area (Å²) >= 11 is 0. The Morgan fingerprint density at radius 2 is 2.00 bits per heavy atom. The molecule has 0 aromatic rings. The van der Waals surface area contributed by atoms with Crippen LogP contribution in [0.3, 0.4) is 0 Å². The average molecular weight is 208 g/mol. The quantitative estimate of drug-likeness (QED) is 0.774. The molecule has 1 N–H and O–H groups in total. The van der Waals surface area contributed by atoms with Crippen molar-refractivity contribution in [3.05, 3.63) is 0 Å².